The molecule has 128 valence electrons. The lowest BCUT2D eigenvalue weighted by Gasteiger charge is -2.16. The summed E-state index contributed by atoms with van der Waals surface area (Å²) in [6.07, 6.45) is 3.66. The van der Waals surface area contributed by atoms with Crippen molar-refractivity contribution >= 4 is 5.82 Å². The van der Waals surface area contributed by atoms with E-state index in [1.54, 1.807) is 0 Å². The first kappa shape index (κ1) is 15.8. The molecule has 2 heterocycles. The molecule has 2 aromatic heterocycles. The van der Waals surface area contributed by atoms with Crippen LogP contribution >= 0.6 is 0 Å². The van der Waals surface area contributed by atoms with Crippen molar-refractivity contribution in [1.29, 1.82) is 0 Å². The first-order valence-electron chi connectivity index (χ1n) is 8.79. The largest absolute Gasteiger partial charge is 0.368 e. The monoisotopic (exact) mass is 333 g/mol. The molecule has 1 saturated carbocycles. The molecule has 1 aliphatic carbocycles. The zero-order valence-corrected chi connectivity index (χ0v) is 14.7. The van der Waals surface area contributed by atoms with Crippen LogP contribution in [0, 0.1) is 19.3 Å². The molecular formula is C20H23N5. The molecule has 0 amide bonds. The van der Waals surface area contributed by atoms with Crippen molar-refractivity contribution in [3.63, 3.8) is 0 Å². The zero-order valence-electron chi connectivity index (χ0n) is 14.7. The van der Waals surface area contributed by atoms with Crippen molar-refractivity contribution < 1.29 is 0 Å². The van der Waals surface area contributed by atoms with Crippen LogP contribution in [0.2, 0.25) is 0 Å². The lowest BCUT2D eigenvalue weighted by molar-refractivity contribution is 0.537. The van der Waals surface area contributed by atoms with Crippen molar-refractivity contribution in [2.24, 2.45) is 5.41 Å². The molecule has 1 fully saturated rings. The fourth-order valence-corrected chi connectivity index (χ4v) is 3.29. The molecule has 4 rings (SSSR count). The summed E-state index contributed by atoms with van der Waals surface area (Å²) in [5.74, 6) is 1.58. The molecule has 0 saturated heterocycles. The van der Waals surface area contributed by atoms with Gasteiger partial charge in [-0.25, -0.2) is 4.68 Å². The Morgan fingerprint density at radius 1 is 1.04 bits per heavy atom. The van der Waals surface area contributed by atoms with Crippen LogP contribution in [0.15, 0.2) is 48.5 Å². The minimum Gasteiger partial charge on any atom is -0.368 e. The summed E-state index contributed by atoms with van der Waals surface area (Å²) in [5, 5.41) is 16.5. The highest BCUT2D eigenvalue weighted by atomic mass is 15.4. The molecule has 0 bridgehead atoms. The maximum Gasteiger partial charge on any atom is 0.176 e. The van der Waals surface area contributed by atoms with E-state index in [0.29, 0.717) is 5.41 Å². The second-order valence-corrected chi connectivity index (χ2v) is 7.13. The quantitative estimate of drug-likeness (QED) is 0.747. The molecule has 0 spiro atoms. The lowest BCUT2D eigenvalue weighted by Crippen LogP contribution is -2.19. The van der Waals surface area contributed by atoms with E-state index in [4.69, 9.17) is 0 Å². The zero-order chi connectivity index (χ0) is 17.3. The van der Waals surface area contributed by atoms with Crippen molar-refractivity contribution in [1.82, 2.24) is 20.0 Å². The summed E-state index contributed by atoms with van der Waals surface area (Å²) in [5.41, 5.74) is 3.83. The summed E-state index contributed by atoms with van der Waals surface area (Å²) in [4.78, 5) is 0. The number of hydrogen-bond donors (Lipinski definition) is 1. The van der Waals surface area contributed by atoms with Gasteiger partial charge in [-0.2, -0.15) is 5.10 Å². The van der Waals surface area contributed by atoms with E-state index in [9.17, 15) is 0 Å². The number of hydrogen-bond acceptors (Lipinski definition) is 4. The predicted molar refractivity (Wildman–Crippen MR) is 98.9 cm³/mol. The summed E-state index contributed by atoms with van der Waals surface area (Å²) < 4.78 is 1.82. The summed E-state index contributed by atoms with van der Waals surface area (Å²) >= 11 is 0. The molecule has 0 unspecified atom stereocenters. The molecule has 25 heavy (non-hydrogen) atoms. The smallest absolute Gasteiger partial charge is 0.176 e. The van der Waals surface area contributed by atoms with Crippen LogP contribution in [0.3, 0.4) is 0 Å². The Balaban J connectivity index is 1.39. The molecule has 1 N–H and O–H groups in total. The number of rotatable bonds is 6. The average Bonchev–Trinajstić information content (AvgIpc) is 3.30. The third-order valence-electron chi connectivity index (χ3n) is 4.90. The first-order valence-corrected chi connectivity index (χ1v) is 8.79. The van der Waals surface area contributed by atoms with E-state index >= 15 is 0 Å². The van der Waals surface area contributed by atoms with Gasteiger partial charge in [0.25, 0.3) is 0 Å². The van der Waals surface area contributed by atoms with Crippen molar-refractivity contribution in [3.8, 4) is 5.82 Å². The minimum absolute atomic E-state index is 0.372. The van der Waals surface area contributed by atoms with E-state index in [-0.39, 0.29) is 0 Å². The summed E-state index contributed by atoms with van der Waals surface area (Å²) in [6, 6.07) is 16.7. The fourth-order valence-electron chi connectivity index (χ4n) is 3.29. The van der Waals surface area contributed by atoms with Crippen LogP contribution in [0.25, 0.3) is 5.82 Å². The van der Waals surface area contributed by atoms with Gasteiger partial charge in [0.05, 0.1) is 5.69 Å². The molecule has 5 nitrogen and oxygen atoms in total. The van der Waals surface area contributed by atoms with Crippen molar-refractivity contribution in [3.05, 3.63) is 65.5 Å². The molecular weight excluding hydrogens is 310 g/mol. The summed E-state index contributed by atoms with van der Waals surface area (Å²) in [6.45, 7) is 4.94. The maximum atomic E-state index is 4.45. The Morgan fingerprint density at radius 2 is 1.84 bits per heavy atom. The van der Waals surface area contributed by atoms with Crippen LogP contribution in [-0.2, 0) is 6.42 Å². The van der Waals surface area contributed by atoms with E-state index < -0.39 is 0 Å². The second-order valence-electron chi connectivity index (χ2n) is 7.13. The third-order valence-corrected chi connectivity index (χ3v) is 4.90. The molecule has 0 atom stereocenters. The van der Waals surface area contributed by atoms with Gasteiger partial charge in [0.1, 0.15) is 5.82 Å². The molecule has 1 aliphatic rings. The van der Waals surface area contributed by atoms with Crippen molar-refractivity contribution in [2.75, 3.05) is 11.9 Å². The van der Waals surface area contributed by atoms with E-state index in [0.717, 1.165) is 36.0 Å². The van der Waals surface area contributed by atoms with Crippen molar-refractivity contribution in [2.45, 2.75) is 33.1 Å². The normalized spacial score (nSPS) is 15.1. The van der Waals surface area contributed by atoms with Gasteiger partial charge in [0, 0.05) is 12.2 Å². The Labute approximate surface area is 148 Å². The number of aryl methyl sites for hydroxylation is 2. The molecule has 5 heteroatoms. The first-order chi connectivity index (χ1) is 12.1. The van der Waals surface area contributed by atoms with Gasteiger partial charge in [-0.05, 0) is 62.3 Å². The molecule has 0 radical (unpaired) electrons. The highest BCUT2D eigenvalue weighted by Crippen LogP contribution is 2.48. The van der Waals surface area contributed by atoms with Gasteiger partial charge >= 0.3 is 0 Å². The third kappa shape index (κ3) is 3.55. The SMILES string of the molecule is Cc1cc(C)n(-c2ccc(NCC3(Cc4ccccc4)CC3)nn2)n1. The van der Waals surface area contributed by atoms with Crippen LogP contribution in [0.4, 0.5) is 5.82 Å². The summed E-state index contributed by atoms with van der Waals surface area (Å²) in [7, 11) is 0. The van der Waals surface area contributed by atoms with Crippen LogP contribution < -0.4 is 5.32 Å². The van der Waals surface area contributed by atoms with Gasteiger partial charge in [-0.1, -0.05) is 30.3 Å². The number of nitrogens with zero attached hydrogens (tertiary/aromatic N) is 4. The number of aromatic nitrogens is 4. The maximum absolute atomic E-state index is 4.45. The Hall–Kier alpha value is -2.69. The molecule has 1 aromatic carbocycles. The van der Waals surface area contributed by atoms with Gasteiger partial charge in [0.2, 0.25) is 0 Å². The van der Waals surface area contributed by atoms with Crippen LogP contribution in [0.1, 0.15) is 29.8 Å². The number of anilines is 1. The minimum atomic E-state index is 0.372. The Morgan fingerprint density at radius 3 is 2.44 bits per heavy atom. The topological polar surface area (TPSA) is 55.6 Å². The fraction of sp³-hybridized carbons (Fsp3) is 0.350. The van der Waals surface area contributed by atoms with E-state index in [1.165, 1.54) is 18.4 Å². The van der Waals surface area contributed by atoms with Gasteiger partial charge in [-0.3, -0.25) is 0 Å². The van der Waals surface area contributed by atoms with E-state index in [1.807, 2.05) is 36.7 Å². The lowest BCUT2D eigenvalue weighted by atomic mass is 9.96. The molecule has 3 aromatic rings. The highest BCUT2D eigenvalue weighted by Gasteiger charge is 2.42. The Bertz CT molecular complexity index is 848. The van der Waals surface area contributed by atoms with Gasteiger partial charge in [0.15, 0.2) is 5.82 Å². The van der Waals surface area contributed by atoms with Gasteiger partial charge < -0.3 is 5.32 Å². The van der Waals surface area contributed by atoms with Crippen LogP contribution in [-0.4, -0.2) is 26.5 Å². The standard InChI is InChI=1S/C20H23N5/c1-15-12-16(2)25(24-15)19-9-8-18(22-23-19)21-14-20(10-11-20)13-17-6-4-3-5-7-17/h3-9,12H,10-11,13-14H2,1-2H3,(H,21,22). The highest BCUT2D eigenvalue weighted by molar-refractivity contribution is 5.37. The number of nitrogens with one attached hydrogen (secondary N) is 1. The number of benzene rings is 1. The average molecular weight is 333 g/mol. The predicted octanol–water partition coefficient (Wildman–Crippen LogP) is 3.71. The van der Waals surface area contributed by atoms with Gasteiger partial charge in [-0.15, -0.1) is 10.2 Å². The van der Waals surface area contributed by atoms with Crippen LogP contribution in [0.5, 0.6) is 0 Å². The second kappa shape index (κ2) is 6.31. The van der Waals surface area contributed by atoms with E-state index in [2.05, 4.69) is 50.9 Å². The molecule has 0 aliphatic heterocycles. The Kier molecular flexibility index (Phi) is 3.99.